The van der Waals surface area contributed by atoms with E-state index in [1.165, 1.54) is 0 Å². The van der Waals surface area contributed by atoms with Crippen molar-refractivity contribution < 1.29 is 4.74 Å². The predicted molar refractivity (Wildman–Crippen MR) is 101 cm³/mol. The third-order valence-electron chi connectivity index (χ3n) is 3.95. The molecule has 0 atom stereocenters. The molecule has 0 fully saturated rings. The molecule has 0 radical (unpaired) electrons. The molecule has 0 amide bonds. The van der Waals surface area contributed by atoms with Gasteiger partial charge in [-0.2, -0.15) is 4.98 Å². The van der Waals surface area contributed by atoms with E-state index in [9.17, 15) is 4.79 Å². The van der Waals surface area contributed by atoms with E-state index in [1.807, 2.05) is 11.0 Å². The molecule has 1 aromatic carbocycles. The third-order valence-corrected chi connectivity index (χ3v) is 4.18. The van der Waals surface area contributed by atoms with Crippen LogP contribution in [0.25, 0.3) is 0 Å². The zero-order chi connectivity index (χ0) is 18.1. The van der Waals surface area contributed by atoms with Crippen LogP contribution in [0.5, 0.6) is 5.75 Å². The van der Waals surface area contributed by atoms with Gasteiger partial charge < -0.3 is 25.3 Å². The van der Waals surface area contributed by atoms with Crippen molar-refractivity contribution >= 4 is 40.4 Å². The van der Waals surface area contributed by atoms with Crippen molar-refractivity contribution in [2.24, 2.45) is 0 Å². The number of H-pyrrole nitrogens is 1. The summed E-state index contributed by atoms with van der Waals surface area (Å²) < 4.78 is 5.44. The Labute approximate surface area is 153 Å². The highest BCUT2D eigenvalue weighted by atomic mass is 35.5. The monoisotopic (exact) mass is 370 g/mol. The summed E-state index contributed by atoms with van der Waals surface area (Å²) in [4.78, 5) is 25.2. The number of pyridine rings is 1. The van der Waals surface area contributed by atoms with Crippen molar-refractivity contribution in [3.05, 3.63) is 58.1 Å². The Morgan fingerprint density at radius 2 is 2.23 bits per heavy atom. The average molecular weight is 371 g/mol. The number of rotatable bonds is 4. The van der Waals surface area contributed by atoms with Gasteiger partial charge in [0.25, 0.3) is 5.56 Å². The number of fused-ring (bicyclic) bond motifs is 1. The Hall–Kier alpha value is -3.26. The molecule has 0 saturated carbocycles. The quantitative estimate of drug-likeness (QED) is 0.649. The number of halogens is 1. The van der Waals surface area contributed by atoms with Crippen molar-refractivity contribution in [1.29, 1.82) is 0 Å². The van der Waals surface area contributed by atoms with Crippen molar-refractivity contribution in [2.75, 3.05) is 29.3 Å². The van der Waals surface area contributed by atoms with Crippen LogP contribution in [-0.2, 0) is 0 Å². The van der Waals surface area contributed by atoms with E-state index in [0.717, 1.165) is 11.4 Å². The van der Waals surface area contributed by atoms with Crippen LogP contribution < -0.4 is 25.8 Å². The molecule has 1 aliphatic rings. The van der Waals surface area contributed by atoms with Gasteiger partial charge in [0.1, 0.15) is 11.4 Å². The van der Waals surface area contributed by atoms with Crippen LogP contribution in [0.1, 0.15) is 0 Å². The normalized spacial score (nSPS) is 12.5. The van der Waals surface area contributed by atoms with Crippen LogP contribution in [0, 0.1) is 0 Å². The minimum absolute atomic E-state index is 0.247. The molecular weight excluding hydrogens is 356 g/mol. The lowest BCUT2D eigenvalue weighted by atomic mass is 10.2. The zero-order valence-electron chi connectivity index (χ0n) is 13.8. The molecular formula is C17H15ClN6O2. The second-order valence-corrected chi connectivity index (χ2v) is 5.98. The van der Waals surface area contributed by atoms with Crippen molar-refractivity contribution in [3.63, 3.8) is 0 Å². The first-order valence-electron chi connectivity index (χ1n) is 7.82. The number of benzene rings is 1. The van der Waals surface area contributed by atoms with Gasteiger partial charge in [-0.05, 0) is 30.3 Å². The lowest BCUT2D eigenvalue weighted by molar-refractivity contribution is 0.415. The Morgan fingerprint density at radius 1 is 1.35 bits per heavy atom. The van der Waals surface area contributed by atoms with E-state index in [0.29, 0.717) is 34.9 Å². The summed E-state index contributed by atoms with van der Waals surface area (Å²) in [5.74, 6) is 1.65. The molecule has 0 bridgehead atoms. The first-order chi connectivity index (χ1) is 12.7. The molecule has 8 nitrogen and oxygen atoms in total. The molecule has 4 rings (SSSR count). The predicted octanol–water partition coefficient (Wildman–Crippen LogP) is 3.09. The number of ether oxygens (including phenoxy) is 1. The molecule has 26 heavy (non-hydrogen) atoms. The summed E-state index contributed by atoms with van der Waals surface area (Å²) in [5.41, 5.74) is 1.68. The topological polar surface area (TPSA) is 95.2 Å². The third kappa shape index (κ3) is 2.91. The molecule has 3 N–H and O–H groups in total. The Bertz CT molecular complexity index is 1020. The summed E-state index contributed by atoms with van der Waals surface area (Å²) >= 11 is 6.15. The van der Waals surface area contributed by atoms with E-state index in [2.05, 4.69) is 25.6 Å². The molecule has 3 aromatic rings. The highest BCUT2D eigenvalue weighted by molar-refractivity contribution is 6.31. The fourth-order valence-corrected chi connectivity index (χ4v) is 2.88. The summed E-state index contributed by atoms with van der Waals surface area (Å²) in [6.07, 6.45) is 3.23. The van der Waals surface area contributed by atoms with Gasteiger partial charge in [-0.15, -0.1) is 0 Å². The maximum Gasteiger partial charge on any atom is 0.271 e. The van der Waals surface area contributed by atoms with Crippen LogP contribution >= 0.6 is 11.6 Å². The Kier molecular flexibility index (Phi) is 4.10. The largest absolute Gasteiger partial charge is 0.495 e. The van der Waals surface area contributed by atoms with Gasteiger partial charge >= 0.3 is 0 Å². The second kappa shape index (κ2) is 6.57. The molecule has 9 heteroatoms. The van der Waals surface area contributed by atoms with Crippen molar-refractivity contribution in [3.8, 4) is 5.75 Å². The van der Waals surface area contributed by atoms with Gasteiger partial charge in [0, 0.05) is 11.2 Å². The molecule has 0 aliphatic carbocycles. The maximum absolute atomic E-state index is 11.8. The van der Waals surface area contributed by atoms with E-state index in [-0.39, 0.29) is 5.56 Å². The van der Waals surface area contributed by atoms with E-state index < -0.39 is 0 Å². The number of methoxy groups -OCH3 is 1. The summed E-state index contributed by atoms with van der Waals surface area (Å²) in [5, 5.41) is 6.76. The van der Waals surface area contributed by atoms with E-state index in [4.69, 9.17) is 16.3 Å². The number of aromatic nitrogens is 3. The van der Waals surface area contributed by atoms with Crippen molar-refractivity contribution in [2.45, 2.75) is 0 Å². The first kappa shape index (κ1) is 16.2. The molecule has 0 saturated heterocycles. The van der Waals surface area contributed by atoms with Crippen LogP contribution in [0.4, 0.5) is 28.8 Å². The highest BCUT2D eigenvalue weighted by Gasteiger charge is 2.25. The van der Waals surface area contributed by atoms with Gasteiger partial charge in [0.05, 0.1) is 31.4 Å². The minimum Gasteiger partial charge on any atom is -0.495 e. The minimum atomic E-state index is -0.247. The lowest BCUT2D eigenvalue weighted by Gasteiger charge is -2.20. The number of hydrogen-bond donors (Lipinski definition) is 3. The molecule has 1 aliphatic heterocycles. The summed E-state index contributed by atoms with van der Waals surface area (Å²) in [7, 11) is 1.60. The number of aromatic amines is 1. The number of nitrogens with zero attached hydrogens (tertiary/aromatic N) is 3. The SMILES string of the molecule is COc1ccc(Cl)cc1N1CNc2cnc(Nc3ccc[nH]c3=O)nc21. The summed E-state index contributed by atoms with van der Waals surface area (Å²) in [6.45, 7) is 0.496. The van der Waals surface area contributed by atoms with Crippen molar-refractivity contribution in [1.82, 2.24) is 15.0 Å². The maximum atomic E-state index is 11.8. The molecule has 2 aromatic heterocycles. The summed E-state index contributed by atoms with van der Waals surface area (Å²) in [6, 6.07) is 8.77. The number of anilines is 5. The van der Waals surface area contributed by atoms with Gasteiger partial charge in [-0.25, -0.2) is 4.98 Å². The van der Waals surface area contributed by atoms with Gasteiger partial charge in [0.2, 0.25) is 5.95 Å². The van der Waals surface area contributed by atoms with Crippen LogP contribution in [-0.4, -0.2) is 28.7 Å². The molecule has 3 heterocycles. The Balaban J connectivity index is 1.72. The van der Waals surface area contributed by atoms with E-state index in [1.54, 1.807) is 43.8 Å². The standard InChI is InChI=1S/C17H15ClN6O2/c1-26-14-5-4-10(18)7-13(14)24-9-21-12-8-20-17(23-15(12)24)22-11-3-2-6-19-16(11)25/h2-8,21H,9H2,1H3,(H,19,25)(H,20,22,23). The van der Waals surface area contributed by atoms with Crippen LogP contribution in [0.3, 0.4) is 0 Å². The molecule has 132 valence electrons. The Morgan fingerprint density at radius 3 is 3.04 bits per heavy atom. The molecule has 0 unspecified atom stereocenters. The smallest absolute Gasteiger partial charge is 0.271 e. The zero-order valence-corrected chi connectivity index (χ0v) is 14.5. The molecule has 0 spiro atoms. The van der Waals surface area contributed by atoms with Crippen LogP contribution in [0.2, 0.25) is 5.02 Å². The number of nitrogens with one attached hydrogen (secondary N) is 3. The lowest BCUT2D eigenvalue weighted by Crippen LogP contribution is -2.18. The number of hydrogen-bond acceptors (Lipinski definition) is 7. The van der Waals surface area contributed by atoms with Gasteiger partial charge in [-0.1, -0.05) is 11.6 Å². The fraction of sp³-hybridized carbons (Fsp3) is 0.118. The second-order valence-electron chi connectivity index (χ2n) is 5.55. The first-order valence-corrected chi connectivity index (χ1v) is 8.20. The van der Waals surface area contributed by atoms with Gasteiger partial charge in [0.15, 0.2) is 5.82 Å². The van der Waals surface area contributed by atoms with Crippen LogP contribution in [0.15, 0.2) is 47.5 Å². The average Bonchev–Trinajstić information content (AvgIpc) is 3.07. The van der Waals surface area contributed by atoms with Gasteiger partial charge in [-0.3, -0.25) is 4.79 Å². The van der Waals surface area contributed by atoms with E-state index >= 15 is 0 Å². The fourth-order valence-electron chi connectivity index (χ4n) is 2.72. The highest BCUT2D eigenvalue weighted by Crippen LogP contribution is 2.40.